The number of carbonyl (C=O) groups excluding carboxylic acids is 1. The van der Waals surface area contributed by atoms with E-state index in [1.807, 2.05) is 24.5 Å². The molecule has 0 atom stereocenters. The standard InChI is InChI=1S/C20H21F2N7O/c1-13-14(2)29(12-25-13)19-10-18(23-11-24-19)27-5-7-28(8-6-27)20(30)26-17-4-3-15(21)9-16(17)22/h3-4,9-12H,5-8H2,1-2H3,(H,26,30). The molecule has 1 saturated heterocycles. The van der Waals surface area contributed by atoms with Crippen molar-refractivity contribution >= 4 is 17.5 Å². The lowest BCUT2D eigenvalue weighted by atomic mass is 10.3. The highest BCUT2D eigenvalue weighted by Crippen LogP contribution is 2.19. The number of anilines is 2. The fraction of sp³-hybridized carbons (Fsp3) is 0.300. The fourth-order valence-electron chi connectivity index (χ4n) is 3.30. The molecule has 0 radical (unpaired) electrons. The molecule has 8 nitrogen and oxygen atoms in total. The van der Waals surface area contributed by atoms with E-state index in [0.717, 1.165) is 35.2 Å². The van der Waals surface area contributed by atoms with Gasteiger partial charge in [-0.15, -0.1) is 0 Å². The summed E-state index contributed by atoms with van der Waals surface area (Å²) in [6.45, 7) is 5.94. The van der Waals surface area contributed by atoms with Crippen molar-refractivity contribution in [3.63, 3.8) is 0 Å². The maximum absolute atomic E-state index is 13.8. The number of amides is 2. The van der Waals surface area contributed by atoms with Crippen LogP contribution in [0, 0.1) is 25.5 Å². The van der Waals surface area contributed by atoms with Gasteiger partial charge in [-0.05, 0) is 26.0 Å². The molecule has 1 aliphatic heterocycles. The first-order valence-corrected chi connectivity index (χ1v) is 9.51. The minimum atomic E-state index is -0.805. The number of benzene rings is 1. The van der Waals surface area contributed by atoms with Crippen molar-refractivity contribution in [2.24, 2.45) is 0 Å². The van der Waals surface area contributed by atoms with Gasteiger partial charge in [0.05, 0.1) is 11.4 Å². The number of aryl methyl sites for hydroxylation is 1. The first-order chi connectivity index (χ1) is 14.4. The van der Waals surface area contributed by atoms with Crippen molar-refractivity contribution in [3.8, 4) is 5.82 Å². The molecule has 0 bridgehead atoms. The van der Waals surface area contributed by atoms with Crippen molar-refractivity contribution in [2.45, 2.75) is 13.8 Å². The van der Waals surface area contributed by atoms with E-state index in [1.54, 1.807) is 11.2 Å². The van der Waals surface area contributed by atoms with Gasteiger partial charge in [0.15, 0.2) is 0 Å². The quantitative estimate of drug-likeness (QED) is 0.714. The third-order valence-electron chi connectivity index (χ3n) is 5.20. The molecule has 4 rings (SSSR count). The Morgan fingerprint density at radius 3 is 2.40 bits per heavy atom. The minimum Gasteiger partial charge on any atom is -0.353 e. The average molecular weight is 413 g/mol. The van der Waals surface area contributed by atoms with Crippen LogP contribution in [-0.4, -0.2) is 56.6 Å². The number of piperazine rings is 1. The molecule has 1 aliphatic rings. The number of carbonyl (C=O) groups is 1. The maximum atomic E-state index is 13.8. The monoisotopic (exact) mass is 413 g/mol. The summed E-state index contributed by atoms with van der Waals surface area (Å²) in [5, 5.41) is 2.49. The molecular formula is C20H21F2N7O. The summed E-state index contributed by atoms with van der Waals surface area (Å²) in [6.07, 6.45) is 3.24. The number of hydrogen-bond acceptors (Lipinski definition) is 5. The van der Waals surface area contributed by atoms with Crippen LogP contribution < -0.4 is 10.2 Å². The molecule has 1 fully saturated rings. The van der Waals surface area contributed by atoms with Crippen LogP contribution in [0.4, 0.5) is 25.1 Å². The lowest BCUT2D eigenvalue weighted by Gasteiger charge is -2.35. The van der Waals surface area contributed by atoms with Crippen molar-refractivity contribution in [1.82, 2.24) is 24.4 Å². The second kappa shape index (κ2) is 8.05. The van der Waals surface area contributed by atoms with Crippen LogP contribution in [0.1, 0.15) is 11.4 Å². The summed E-state index contributed by atoms with van der Waals surface area (Å²) >= 11 is 0. The van der Waals surface area contributed by atoms with E-state index in [9.17, 15) is 13.6 Å². The zero-order valence-corrected chi connectivity index (χ0v) is 16.6. The lowest BCUT2D eigenvalue weighted by Crippen LogP contribution is -2.50. The van der Waals surface area contributed by atoms with Crippen LogP contribution >= 0.6 is 0 Å². The third-order valence-corrected chi connectivity index (χ3v) is 5.20. The summed E-state index contributed by atoms with van der Waals surface area (Å²) in [5.41, 5.74) is 1.90. The molecular weight excluding hydrogens is 392 g/mol. The van der Waals surface area contributed by atoms with Crippen LogP contribution in [0.5, 0.6) is 0 Å². The Kier molecular flexibility index (Phi) is 5.30. The topological polar surface area (TPSA) is 79.2 Å². The van der Waals surface area contributed by atoms with E-state index in [4.69, 9.17) is 0 Å². The van der Waals surface area contributed by atoms with Gasteiger partial charge in [0.1, 0.15) is 35.9 Å². The molecule has 2 amide bonds. The Morgan fingerprint density at radius 2 is 1.73 bits per heavy atom. The Hall–Kier alpha value is -3.56. The van der Waals surface area contributed by atoms with E-state index in [2.05, 4.69) is 25.2 Å². The van der Waals surface area contributed by atoms with Crippen LogP contribution in [0.25, 0.3) is 5.82 Å². The molecule has 0 aliphatic carbocycles. The van der Waals surface area contributed by atoms with Crippen LogP contribution in [-0.2, 0) is 0 Å². The van der Waals surface area contributed by atoms with Gasteiger partial charge in [0, 0.05) is 44.0 Å². The van der Waals surface area contributed by atoms with Gasteiger partial charge in [-0.1, -0.05) is 0 Å². The molecule has 1 aromatic carbocycles. The number of hydrogen-bond donors (Lipinski definition) is 1. The fourth-order valence-corrected chi connectivity index (χ4v) is 3.30. The number of nitrogens with one attached hydrogen (secondary N) is 1. The molecule has 30 heavy (non-hydrogen) atoms. The van der Waals surface area contributed by atoms with Crippen molar-refractivity contribution in [2.75, 3.05) is 36.4 Å². The number of imidazole rings is 1. The second-order valence-corrected chi connectivity index (χ2v) is 7.05. The zero-order chi connectivity index (χ0) is 21.3. The number of aromatic nitrogens is 4. The summed E-state index contributed by atoms with van der Waals surface area (Å²) in [4.78, 5) is 29.1. The summed E-state index contributed by atoms with van der Waals surface area (Å²) in [6, 6.07) is 4.52. The van der Waals surface area contributed by atoms with E-state index >= 15 is 0 Å². The molecule has 156 valence electrons. The first kappa shape index (κ1) is 19.7. The third kappa shape index (κ3) is 3.93. The summed E-state index contributed by atoms with van der Waals surface area (Å²) in [5.74, 6) is -0.00892. The second-order valence-electron chi connectivity index (χ2n) is 7.05. The SMILES string of the molecule is Cc1ncn(-c2cc(N3CCN(C(=O)Nc4ccc(F)cc4F)CC3)ncn2)c1C. The van der Waals surface area contributed by atoms with Crippen molar-refractivity contribution < 1.29 is 13.6 Å². The van der Waals surface area contributed by atoms with E-state index in [-0.39, 0.29) is 5.69 Å². The largest absolute Gasteiger partial charge is 0.353 e. The lowest BCUT2D eigenvalue weighted by molar-refractivity contribution is 0.208. The molecule has 0 unspecified atom stereocenters. The predicted molar refractivity (Wildman–Crippen MR) is 108 cm³/mol. The van der Waals surface area contributed by atoms with Gasteiger partial charge in [-0.25, -0.2) is 28.5 Å². The average Bonchev–Trinajstić information content (AvgIpc) is 3.09. The van der Waals surface area contributed by atoms with E-state index < -0.39 is 17.7 Å². The predicted octanol–water partition coefficient (Wildman–Crippen LogP) is 2.91. The smallest absolute Gasteiger partial charge is 0.322 e. The summed E-state index contributed by atoms with van der Waals surface area (Å²) in [7, 11) is 0. The van der Waals surface area contributed by atoms with Gasteiger partial charge >= 0.3 is 6.03 Å². The molecule has 10 heteroatoms. The van der Waals surface area contributed by atoms with E-state index in [1.165, 1.54) is 12.4 Å². The highest BCUT2D eigenvalue weighted by molar-refractivity contribution is 5.89. The number of urea groups is 1. The van der Waals surface area contributed by atoms with Gasteiger partial charge in [0.2, 0.25) is 0 Å². The number of halogens is 2. The normalized spacial score (nSPS) is 14.1. The maximum Gasteiger partial charge on any atom is 0.322 e. The Labute approximate surface area is 172 Å². The minimum absolute atomic E-state index is 0.0460. The van der Waals surface area contributed by atoms with Gasteiger partial charge < -0.3 is 15.1 Å². The molecule has 2 aromatic heterocycles. The highest BCUT2D eigenvalue weighted by atomic mass is 19.1. The molecule has 3 aromatic rings. The number of nitrogens with zero attached hydrogens (tertiary/aromatic N) is 6. The highest BCUT2D eigenvalue weighted by Gasteiger charge is 2.23. The van der Waals surface area contributed by atoms with Gasteiger partial charge in [-0.2, -0.15) is 0 Å². The summed E-state index contributed by atoms with van der Waals surface area (Å²) < 4.78 is 28.7. The van der Waals surface area contributed by atoms with Gasteiger partial charge in [-0.3, -0.25) is 4.57 Å². The molecule has 0 saturated carbocycles. The Balaban J connectivity index is 1.40. The Bertz CT molecular complexity index is 1080. The van der Waals surface area contributed by atoms with Crippen LogP contribution in [0.2, 0.25) is 0 Å². The van der Waals surface area contributed by atoms with E-state index in [0.29, 0.717) is 26.2 Å². The molecule has 3 heterocycles. The number of rotatable bonds is 3. The zero-order valence-electron chi connectivity index (χ0n) is 16.6. The van der Waals surface area contributed by atoms with Crippen LogP contribution in [0.3, 0.4) is 0 Å². The molecule has 1 N–H and O–H groups in total. The van der Waals surface area contributed by atoms with Crippen molar-refractivity contribution in [3.05, 3.63) is 59.9 Å². The molecule has 0 spiro atoms. The Morgan fingerprint density at radius 1 is 1.00 bits per heavy atom. The first-order valence-electron chi connectivity index (χ1n) is 9.51. The van der Waals surface area contributed by atoms with Gasteiger partial charge in [0.25, 0.3) is 0 Å². The van der Waals surface area contributed by atoms with Crippen LogP contribution in [0.15, 0.2) is 36.9 Å². The van der Waals surface area contributed by atoms with Crippen molar-refractivity contribution in [1.29, 1.82) is 0 Å².